The second kappa shape index (κ2) is 7.77. The highest BCUT2D eigenvalue weighted by Crippen LogP contribution is 2.27. The molecule has 0 radical (unpaired) electrons. The van der Waals surface area contributed by atoms with Crippen LogP contribution >= 0.6 is 0 Å². The van der Waals surface area contributed by atoms with Crippen LogP contribution in [0.15, 0.2) is 47.0 Å². The van der Waals surface area contributed by atoms with Crippen LogP contribution in [0.5, 0.6) is 5.75 Å². The van der Waals surface area contributed by atoms with E-state index in [1.54, 1.807) is 19.1 Å². The van der Waals surface area contributed by atoms with E-state index in [9.17, 15) is 9.18 Å². The van der Waals surface area contributed by atoms with Gasteiger partial charge < -0.3 is 14.0 Å². The van der Waals surface area contributed by atoms with Crippen molar-refractivity contribution < 1.29 is 23.2 Å². The van der Waals surface area contributed by atoms with Crippen LogP contribution in [0, 0.1) is 12.7 Å². The van der Waals surface area contributed by atoms with E-state index < -0.39 is 11.8 Å². The van der Waals surface area contributed by atoms with Gasteiger partial charge >= 0.3 is 5.97 Å². The van der Waals surface area contributed by atoms with Crippen LogP contribution in [0.1, 0.15) is 28.7 Å². The number of esters is 1. The number of hydrogen-bond donors (Lipinski definition) is 0. The summed E-state index contributed by atoms with van der Waals surface area (Å²) in [6.07, 6.45) is 0. The Morgan fingerprint density at radius 2 is 2.04 bits per heavy atom. The fourth-order valence-electron chi connectivity index (χ4n) is 2.29. The Bertz CT molecular complexity index is 923. The average Bonchev–Trinajstić information content (AvgIpc) is 3.11. The molecule has 0 aliphatic rings. The number of aryl methyl sites for hydroxylation is 1. The summed E-state index contributed by atoms with van der Waals surface area (Å²) >= 11 is 0. The van der Waals surface area contributed by atoms with Gasteiger partial charge in [0.1, 0.15) is 11.6 Å². The minimum atomic E-state index is -0.668. The van der Waals surface area contributed by atoms with Crippen molar-refractivity contribution in [3.05, 3.63) is 65.3 Å². The molecule has 0 amide bonds. The maximum atomic E-state index is 13.5. The van der Waals surface area contributed by atoms with Crippen LogP contribution in [0.2, 0.25) is 0 Å². The highest BCUT2D eigenvalue weighted by molar-refractivity contribution is 5.89. The van der Waals surface area contributed by atoms with E-state index >= 15 is 0 Å². The zero-order valence-electron chi connectivity index (χ0n) is 14.4. The molecular formula is C19H17FN2O4. The Balaban J connectivity index is 1.69. The molecule has 0 atom stereocenters. The molecule has 26 heavy (non-hydrogen) atoms. The lowest BCUT2D eigenvalue weighted by atomic mass is 10.1. The van der Waals surface area contributed by atoms with Gasteiger partial charge in [0.05, 0.1) is 17.7 Å². The van der Waals surface area contributed by atoms with Crippen LogP contribution in [0.3, 0.4) is 0 Å². The Kier molecular flexibility index (Phi) is 5.26. The Hall–Kier alpha value is -3.22. The predicted octanol–water partition coefficient (Wildman–Crippen LogP) is 3.94. The van der Waals surface area contributed by atoms with Crippen LogP contribution in [-0.2, 0) is 11.3 Å². The number of para-hydroxylation sites is 1. The van der Waals surface area contributed by atoms with Gasteiger partial charge in [0.25, 0.3) is 5.89 Å². The summed E-state index contributed by atoms with van der Waals surface area (Å²) < 4.78 is 29.3. The zero-order valence-corrected chi connectivity index (χ0v) is 14.4. The lowest BCUT2D eigenvalue weighted by molar-refractivity contribution is 0.0429. The predicted molar refractivity (Wildman–Crippen MR) is 91.2 cm³/mol. The third-order valence-electron chi connectivity index (χ3n) is 3.63. The number of nitrogens with zero attached hydrogens (tertiary/aromatic N) is 2. The van der Waals surface area contributed by atoms with Gasteiger partial charge in [-0.3, -0.25) is 0 Å². The van der Waals surface area contributed by atoms with Crippen molar-refractivity contribution in [1.82, 2.24) is 10.1 Å². The monoisotopic (exact) mass is 356 g/mol. The van der Waals surface area contributed by atoms with Gasteiger partial charge in [-0.1, -0.05) is 23.4 Å². The summed E-state index contributed by atoms with van der Waals surface area (Å²) in [5.74, 6) is -0.0337. The van der Waals surface area contributed by atoms with Crippen molar-refractivity contribution >= 4 is 5.97 Å². The van der Waals surface area contributed by atoms with Gasteiger partial charge in [0, 0.05) is 0 Å². The first-order valence-corrected chi connectivity index (χ1v) is 8.06. The number of ether oxygens (including phenoxy) is 2. The Morgan fingerprint density at radius 1 is 1.23 bits per heavy atom. The molecule has 0 spiro atoms. The second-order valence-electron chi connectivity index (χ2n) is 5.48. The number of halogens is 1. The number of carbonyl (C=O) groups is 1. The highest BCUT2D eigenvalue weighted by Gasteiger charge is 2.15. The topological polar surface area (TPSA) is 74.5 Å². The molecule has 3 aromatic rings. The van der Waals surface area contributed by atoms with E-state index in [2.05, 4.69) is 10.1 Å². The molecule has 1 heterocycles. The normalized spacial score (nSPS) is 10.6. The molecule has 0 bridgehead atoms. The second-order valence-corrected chi connectivity index (χ2v) is 5.48. The number of carbonyl (C=O) groups excluding carboxylic acids is 1. The standard InChI is InChI=1S/C19H17FN2O4/c1-3-24-16-7-5-4-6-14(16)18-21-17(26-22-18)11-25-19(23)13-9-8-12(2)15(20)10-13/h4-10H,3,11H2,1-2H3. The van der Waals surface area contributed by atoms with Gasteiger partial charge in [-0.2, -0.15) is 4.98 Å². The SMILES string of the molecule is CCOc1ccccc1-c1noc(COC(=O)c2ccc(C)c(F)c2)n1. The Labute approximate surface area is 149 Å². The van der Waals surface area contributed by atoms with E-state index in [4.69, 9.17) is 14.0 Å². The summed E-state index contributed by atoms with van der Waals surface area (Å²) in [5, 5.41) is 3.89. The maximum absolute atomic E-state index is 13.5. The first kappa shape index (κ1) is 17.6. The van der Waals surface area contributed by atoms with E-state index in [1.165, 1.54) is 12.1 Å². The molecule has 6 nitrogen and oxygen atoms in total. The van der Waals surface area contributed by atoms with Crippen molar-refractivity contribution in [3.8, 4) is 17.1 Å². The van der Waals surface area contributed by atoms with Gasteiger partial charge in [-0.05, 0) is 43.7 Å². The van der Waals surface area contributed by atoms with Crippen LogP contribution in [0.4, 0.5) is 4.39 Å². The fourth-order valence-corrected chi connectivity index (χ4v) is 2.29. The summed E-state index contributed by atoms with van der Waals surface area (Å²) in [4.78, 5) is 16.2. The number of rotatable bonds is 6. The van der Waals surface area contributed by atoms with Crippen LogP contribution in [-0.4, -0.2) is 22.7 Å². The quantitative estimate of drug-likeness (QED) is 0.623. The summed E-state index contributed by atoms with van der Waals surface area (Å²) in [7, 11) is 0. The molecule has 0 unspecified atom stereocenters. The number of hydrogen-bond acceptors (Lipinski definition) is 6. The van der Waals surface area contributed by atoms with E-state index in [1.807, 2.05) is 19.1 Å². The third-order valence-corrected chi connectivity index (χ3v) is 3.63. The summed E-state index contributed by atoms with van der Waals surface area (Å²) in [5.41, 5.74) is 1.25. The average molecular weight is 356 g/mol. The van der Waals surface area contributed by atoms with Crippen molar-refractivity contribution in [2.45, 2.75) is 20.5 Å². The minimum absolute atomic E-state index is 0.120. The largest absolute Gasteiger partial charge is 0.493 e. The van der Waals surface area contributed by atoms with Gasteiger partial charge in [-0.25, -0.2) is 9.18 Å². The van der Waals surface area contributed by atoms with E-state index in [-0.39, 0.29) is 18.1 Å². The molecule has 2 aromatic carbocycles. The smallest absolute Gasteiger partial charge is 0.338 e. The molecule has 0 aliphatic carbocycles. The van der Waals surface area contributed by atoms with Gasteiger partial charge in [-0.15, -0.1) is 0 Å². The molecular weight excluding hydrogens is 339 g/mol. The fraction of sp³-hybridized carbons (Fsp3) is 0.211. The molecule has 7 heteroatoms. The van der Waals surface area contributed by atoms with Crippen molar-refractivity contribution in [2.24, 2.45) is 0 Å². The summed E-state index contributed by atoms with van der Waals surface area (Å²) in [6.45, 7) is 3.79. The maximum Gasteiger partial charge on any atom is 0.338 e. The summed E-state index contributed by atoms with van der Waals surface area (Å²) in [6, 6.07) is 11.4. The third kappa shape index (κ3) is 3.88. The van der Waals surface area contributed by atoms with Gasteiger partial charge in [0.15, 0.2) is 6.61 Å². The van der Waals surface area contributed by atoms with Crippen LogP contribution in [0.25, 0.3) is 11.4 Å². The van der Waals surface area contributed by atoms with Crippen molar-refractivity contribution in [2.75, 3.05) is 6.61 Å². The first-order valence-electron chi connectivity index (χ1n) is 8.06. The molecule has 0 saturated heterocycles. The minimum Gasteiger partial charge on any atom is -0.493 e. The van der Waals surface area contributed by atoms with Gasteiger partial charge in [0.2, 0.25) is 5.82 Å². The zero-order chi connectivity index (χ0) is 18.5. The first-order chi connectivity index (χ1) is 12.6. The lowest BCUT2D eigenvalue weighted by Gasteiger charge is -2.06. The highest BCUT2D eigenvalue weighted by atomic mass is 19.1. The Morgan fingerprint density at radius 3 is 2.81 bits per heavy atom. The number of benzene rings is 2. The molecule has 134 valence electrons. The molecule has 0 N–H and O–H groups in total. The van der Waals surface area contributed by atoms with E-state index in [0.717, 1.165) is 6.07 Å². The molecule has 1 aromatic heterocycles. The molecule has 0 aliphatic heterocycles. The molecule has 3 rings (SSSR count). The van der Waals surface area contributed by atoms with Crippen molar-refractivity contribution in [1.29, 1.82) is 0 Å². The lowest BCUT2D eigenvalue weighted by Crippen LogP contribution is -2.06. The van der Waals surface area contributed by atoms with E-state index in [0.29, 0.717) is 29.3 Å². The molecule has 0 fully saturated rings. The van der Waals surface area contributed by atoms with Crippen LogP contribution < -0.4 is 4.74 Å². The number of aromatic nitrogens is 2. The van der Waals surface area contributed by atoms with Crippen molar-refractivity contribution in [3.63, 3.8) is 0 Å². The molecule has 0 saturated carbocycles.